The van der Waals surface area contributed by atoms with Gasteiger partial charge in [0.25, 0.3) is 0 Å². The van der Waals surface area contributed by atoms with E-state index in [0.29, 0.717) is 13.1 Å². The minimum Gasteiger partial charge on any atom is -0.475 e. The van der Waals surface area contributed by atoms with Crippen LogP contribution in [0.1, 0.15) is 35.6 Å². The van der Waals surface area contributed by atoms with Gasteiger partial charge in [0.15, 0.2) is 5.82 Å². The summed E-state index contributed by atoms with van der Waals surface area (Å²) in [6.07, 6.45) is -3.43. The lowest BCUT2D eigenvalue weighted by Gasteiger charge is -2.48. The Bertz CT molecular complexity index is 1030. The molecule has 12 heteroatoms. The van der Waals surface area contributed by atoms with E-state index in [1.54, 1.807) is 4.90 Å². The molecule has 2 aliphatic rings. The van der Waals surface area contributed by atoms with Gasteiger partial charge in [0.05, 0.1) is 19.2 Å². The molecule has 1 N–H and O–H groups in total. The van der Waals surface area contributed by atoms with Crippen LogP contribution >= 0.6 is 0 Å². The second kappa shape index (κ2) is 10.00. The maximum atomic E-state index is 12.2. The van der Waals surface area contributed by atoms with Crippen molar-refractivity contribution < 1.29 is 32.6 Å². The third kappa shape index (κ3) is 5.66. The summed E-state index contributed by atoms with van der Waals surface area (Å²) in [5, 5.41) is 15.7. The third-order valence-electron chi connectivity index (χ3n) is 6.13. The number of aryl methyl sites for hydroxylation is 2. The van der Waals surface area contributed by atoms with Crippen molar-refractivity contribution in [1.82, 2.24) is 24.6 Å². The normalized spacial score (nSPS) is 17.5. The molecule has 1 aromatic carbocycles. The van der Waals surface area contributed by atoms with Gasteiger partial charge in [0.1, 0.15) is 5.82 Å². The molecule has 1 amide bonds. The van der Waals surface area contributed by atoms with Gasteiger partial charge in [-0.05, 0) is 32.3 Å². The standard InChI is InChI=1S/C20H27N5O2.C2HF3O2/c1-15-5-4-6-17(11-15)12-23-9-7-20(8-10-23)14-24(19(26)27-3)13-18-22-21-16(2)25(18)20;3-2(4,5)1(6)7/h4-6,11H,7-10,12-14H2,1-3H3;(H,6,7). The van der Waals surface area contributed by atoms with E-state index in [0.717, 1.165) is 44.1 Å². The molecule has 0 saturated carbocycles. The topological polar surface area (TPSA) is 101 Å². The number of likely N-dealkylation sites (tertiary alicyclic amines) is 1. The minimum absolute atomic E-state index is 0.140. The SMILES string of the molecule is COC(=O)N1Cc2nnc(C)n2C2(CCN(Cc3cccc(C)c3)CC2)C1.O=C(O)C(F)(F)F. The Morgan fingerprint density at radius 1 is 1.18 bits per heavy atom. The van der Waals surface area contributed by atoms with Crippen LogP contribution in [0.15, 0.2) is 24.3 Å². The van der Waals surface area contributed by atoms with Crippen molar-refractivity contribution in [2.75, 3.05) is 26.7 Å². The Morgan fingerprint density at radius 2 is 1.82 bits per heavy atom. The Kier molecular flexibility index (Phi) is 7.49. The lowest BCUT2D eigenvalue weighted by Crippen LogP contribution is -2.57. The number of benzene rings is 1. The van der Waals surface area contributed by atoms with E-state index in [-0.39, 0.29) is 11.6 Å². The molecule has 1 fully saturated rings. The van der Waals surface area contributed by atoms with Gasteiger partial charge in [-0.3, -0.25) is 9.80 Å². The number of carbonyl (C=O) groups excluding carboxylic acids is 1. The highest BCUT2D eigenvalue weighted by Gasteiger charge is 2.45. The number of hydrogen-bond acceptors (Lipinski definition) is 6. The van der Waals surface area contributed by atoms with E-state index >= 15 is 0 Å². The number of amides is 1. The summed E-state index contributed by atoms with van der Waals surface area (Å²) in [5.41, 5.74) is 2.51. The van der Waals surface area contributed by atoms with Crippen molar-refractivity contribution in [3.63, 3.8) is 0 Å². The summed E-state index contributed by atoms with van der Waals surface area (Å²) >= 11 is 0. The smallest absolute Gasteiger partial charge is 0.475 e. The number of ether oxygens (including phenoxy) is 1. The number of halogens is 3. The molecule has 0 aliphatic carbocycles. The monoisotopic (exact) mass is 483 g/mol. The number of aliphatic carboxylic acids is 1. The van der Waals surface area contributed by atoms with Crippen LogP contribution in [0, 0.1) is 13.8 Å². The first-order chi connectivity index (χ1) is 15.9. The molecule has 1 spiro atoms. The van der Waals surface area contributed by atoms with Gasteiger partial charge in [-0.1, -0.05) is 29.8 Å². The molecule has 3 heterocycles. The van der Waals surface area contributed by atoms with Crippen LogP contribution < -0.4 is 0 Å². The number of carboxylic acids is 1. The molecule has 4 rings (SSSR count). The highest BCUT2D eigenvalue weighted by molar-refractivity contribution is 5.73. The highest BCUT2D eigenvalue weighted by atomic mass is 19.4. The van der Waals surface area contributed by atoms with Gasteiger partial charge < -0.3 is 14.4 Å². The van der Waals surface area contributed by atoms with E-state index in [1.165, 1.54) is 18.2 Å². The van der Waals surface area contributed by atoms with Crippen molar-refractivity contribution in [2.45, 2.75) is 51.5 Å². The van der Waals surface area contributed by atoms with E-state index in [9.17, 15) is 18.0 Å². The summed E-state index contributed by atoms with van der Waals surface area (Å²) in [7, 11) is 1.43. The summed E-state index contributed by atoms with van der Waals surface area (Å²) in [5.74, 6) is -0.967. The zero-order valence-corrected chi connectivity index (χ0v) is 19.3. The zero-order chi connectivity index (χ0) is 25.1. The van der Waals surface area contributed by atoms with Gasteiger partial charge in [-0.15, -0.1) is 10.2 Å². The first kappa shape index (κ1) is 25.5. The molecule has 0 atom stereocenters. The fourth-order valence-electron chi connectivity index (χ4n) is 4.61. The molecule has 1 aromatic heterocycles. The van der Waals surface area contributed by atoms with Crippen molar-refractivity contribution in [1.29, 1.82) is 0 Å². The Morgan fingerprint density at radius 3 is 2.38 bits per heavy atom. The van der Waals surface area contributed by atoms with Crippen LogP contribution in [-0.4, -0.2) is 74.7 Å². The van der Waals surface area contributed by atoms with E-state index in [1.807, 2.05) is 6.92 Å². The molecular formula is C22H28F3N5O4. The molecule has 34 heavy (non-hydrogen) atoms. The molecule has 0 unspecified atom stereocenters. The molecular weight excluding hydrogens is 455 g/mol. The molecule has 0 radical (unpaired) electrons. The number of methoxy groups -OCH3 is 1. The van der Waals surface area contributed by atoms with E-state index in [2.05, 4.69) is 50.9 Å². The van der Waals surface area contributed by atoms with Crippen molar-refractivity contribution >= 4 is 12.1 Å². The van der Waals surface area contributed by atoms with Crippen molar-refractivity contribution in [2.24, 2.45) is 0 Å². The Labute approximate surface area is 195 Å². The lowest BCUT2D eigenvalue weighted by molar-refractivity contribution is -0.192. The van der Waals surface area contributed by atoms with Crippen LogP contribution in [-0.2, 0) is 28.2 Å². The molecule has 9 nitrogen and oxygen atoms in total. The minimum atomic E-state index is -5.08. The number of piperidine rings is 1. The zero-order valence-electron chi connectivity index (χ0n) is 19.3. The van der Waals surface area contributed by atoms with Crippen LogP contribution in [0.5, 0.6) is 0 Å². The van der Waals surface area contributed by atoms with Crippen LogP contribution in [0.25, 0.3) is 0 Å². The van der Waals surface area contributed by atoms with Crippen LogP contribution in [0.3, 0.4) is 0 Å². The van der Waals surface area contributed by atoms with Gasteiger partial charge in [-0.25, -0.2) is 9.59 Å². The Hall–Kier alpha value is -3.15. The molecule has 186 valence electrons. The summed E-state index contributed by atoms with van der Waals surface area (Å²) < 4.78 is 39.0. The number of nitrogens with zero attached hydrogens (tertiary/aromatic N) is 5. The fourth-order valence-corrected chi connectivity index (χ4v) is 4.61. The predicted molar refractivity (Wildman–Crippen MR) is 115 cm³/mol. The third-order valence-corrected chi connectivity index (χ3v) is 6.13. The predicted octanol–water partition coefficient (Wildman–Crippen LogP) is 3.10. The van der Waals surface area contributed by atoms with E-state index in [4.69, 9.17) is 14.6 Å². The lowest BCUT2D eigenvalue weighted by atomic mass is 9.84. The van der Waals surface area contributed by atoms with Gasteiger partial charge in [-0.2, -0.15) is 13.2 Å². The molecule has 2 aromatic rings. The average molecular weight is 483 g/mol. The highest BCUT2D eigenvalue weighted by Crippen LogP contribution is 2.37. The first-order valence-electron chi connectivity index (χ1n) is 10.8. The number of hydrogen-bond donors (Lipinski definition) is 1. The summed E-state index contributed by atoms with van der Waals surface area (Å²) in [4.78, 5) is 25.3. The van der Waals surface area contributed by atoms with Gasteiger partial charge >= 0.3 is 18.2 Å². The fraction of sp³-hybridized carbons (Fsp3) is 0.545. The average Bonchev–Trinajstić information content (AvgIpc) is 3.16. The van der Waals surface area contributed by atoms with Crippen molar-refractivity contribution in [3.8, 4) is 0 Å². The number of alkyl halides is 3. The number of aromatic nitrogens is 3. The number of rotatable bonds is 2. The van der Waals surface area contributed by atoms with Crippen molar-refractivity contribution in [3.05, 3.63) is 47.0 Å². The molecule has 1 saturated heterocycles. The second-order valence-electron chi connectivity index (χ2n) is 8.62. The van der Waals surface area contributed by atoms with E-state index < -0.39 is 12.1 Å². The molecule has 0 bridgehead atoms. The Balaban J connectivity index is 0.000000406. The first-order valence-corrected chi connectivity index (χ1v) is 10.8. The van der Waals surface area contributed by atoms with Crippen LogP contribution in [0.4, 0.5) is 18.0 Å². The maximum absolute atomic E-state index is 12.2. The summed E-state index contributed by atoms with van der Waals surface area (Å²) in [6, 6.07) is 8.71. The number of carbonyl (C=O) groups is 2. The summed E-state index contributed by atoms with van der Waals surface area (Å²) in [6.45, 7) is 8.19. The van der Waals surface area contributed by atoms with Crippen LogP contribution in [0.2, 0.25) is 0 Å². The number of fused-ring (bicyclic) bond motifs is 2. The van der Waals surface area contributed by atoms with Gasteiger partial charge in [0, 0.05) is 26.2 Å². The molecule has 2 aliphatic heterocycles. The second-order valence-corrected chi connectivity index (χ2v) is 8.62. The quantitative estimate of drug-likeness (QED) is 0.701. The largest absolute Gasteiger partial charge is 0.490 e. The number of carboxylic acid groups (broad SMARTS) is 1. The maximum Gasteiger partial charge on any atom is 0.490 e. The van der Waals surface area contributed by atoms with Gasteiger partial charge in [0.2, 0.25) is 0 Å².